The van der Waals surface area contributed by atoms with Gasteiger partial charge in [-0.25, -0.2) is 0 Å². The first kappa shape index (κ1) is 13.2. The molecule has 2 aromatic rings. The first-order valence-corrected chi connectivity index (χ1v) is 7.23. The Morgan fingerprint density at radius 2 is 2.30 bits per heavy atom. The number of likely N-dealkylation sites (N-methyl/N-ethyl adjacent to an activating group) is 1. The number of rotatable bonds is 3. The van der Waals surface area contributed by atoms with E-state index in [-0.39, 0.29) is 5.91 Å². The fourth-order valence-corrected chi connectivity index (χ4v) is 3.19. The van der Waals surface area contributed by atoms with E-state index >= 15 is 0 Å². The quantitative estimate of drug-likeness (QED) is 0.897. The number of carbonyl (C=O) groups excluding carboxylic acids is 1. The minimum absolute atomic E-state index is 0.361. The Morgan fingerprint density at radius 3 is 3.00 bits per heavy atom. The van der Waals surface area contributed by atoms with E-state index in [1.165, 1.54) is 17.7 Å². The predicted octanol–water partition coefficient (Wildman–Crippen LogP) is 2.08. The van der Waals surface area contributed by atoms with Gasteiger partial charge in [0, 0.05) is 28.2 Å². The topological polar surface area (TPSA) is 62.1 Å². The number of hydrogen-bond donors (Lipinski definition) is 2. The molecule has 1 aliphatic rings. The summed E-state index contributed by atoms with van der Waals surface area (Å²) in [6, 6.07) is 6.28. The van der Waals surface area contributed by atoms with Gasteiger partial charge in [-0.05, 0) is 56.6 Å². The van der Waals surface area contributed by atoms with E-state index in [0.717, 1.165) is 30.3 Å². The molecular weight excluding hydrogens is 250 g/mol. The fourth-order valence-electron chi connectivity index (χ4n) is 3.19. The van der Waals surface area contributed by atoms with E-state index in [1.807, 2.05) is 12.1 Å². The molecule has 1 aliphatic carbocycles. The summed E-state index contributed by atoms with van der Waals surface area (Å²) < 4.78 is 0. The van der Waals surface area contributed by atoms with E-state index in [2.05, 4.69) is 23.9 Å². The van der Waals surface area contributed by atoms with E-state index in [4.69, 9.17) is 5.73 Å². The average Bonchev–Trinajstić information content (AvgIpc) is 2.83. The van der Waals surface area contributed by atoms with Gasteiger partial charge in [-0.2, -0.15) is 0 Å². The van der Waals surface area contributed by atoms with Gasteiger partial charge >= 0.3 is 0 Å². The number of aromatic amines is 1. The van der Waals surface area contributed by atoms with Gasteiger partial charge in [-0.1, -0.05) is 6.92 Å². The third kappa shape index (κ3) is 2.10. The molecule has 1 aromatic heterocycles. The van der Waals surface area contributed by atoms with Crippen molar-refractivity contribution in [3.05, 3.63) is 35.0 Å². The molecule has 0 aliphatic heterocycles. The van der Waals surface area contributed by atoms with Crippen LogP contribution in [0.1, 0.15) is 35.0 Å². The van der Waals surface area contributed by atoms with Gasteiger partial charge in [-0.3, -0.25) is 4.79 Å². The van der Waals surface area contributed by atoms with E-state index < -0.39 is 0 Å². The molecule has 1 aromatic carbocycles. The Balaban J connectivity index is 2.04. The second kappa shape index (κ2) is 4.94. The molecule has 0 bridgehead atoms. The molecule has 4 heteroatoms. The molecule has 1 heterocycles. The van der Waals surface area contributed by atoms with Crippen molar-refractivity contribution >= 4 is 16.8 Å². The lowest BCUT2D eigenvalue weighted by Crippen LogP contribution is -2.36. The molecule has 0 saturated carbocycles. The highest BCUT2D eigenvalue weighted by Crippen LogP contribution is 2.31. The molecule has 1 atom stereocenters. The zero-order valence-electron chi connectivity index (χ0n) is 12.1. The molecule has 0 spiro atoms. The van der Waals surface area contributed by atoms with Crippen molar-refractivity contribution in [1.29, 1.82) is 0 Å². The van der Waals surface area contributed by atoms with Crippen LogP contribution in [0.25, 0.3) is 10.9 Å². The van der Waals surface area contributed by atoms with E-state index in [9.17, 15) is 4.79 Å². The Kier molecular flexibility index (Phi) is 3.26. The standard InChI is InChI=1S/C16H21N3O/c1-3-19(2)11-5-7-15-13(9-11)12-8-10(16(17)20)4-6-14(12)18-15/h4,6,8,11,18H,3,5,7,9H2,1-2H3,(H2,17,20). The Bertz CT molecular complexity index is 659. The van der Waals surface area contributed by atoms with Gasteiger partial charge in [0.15, 0.2) is 0 Å². The van der Waals surface area contributed by atoms with Gasteiger partial charge in [0.25, 0.3) is 0 Å². The number of nitrogens with zero attached hydrogens (tertiary/aromatic N) is 1. The number of amides is 1. The van der Waals surface area contributed by atoms with Gasteiger partial charge in [0.2, 0.25) is 5.91 Å². The van der Waals surface area contributed by atoms with Crippen molar-refractivity contribution in [2.75, 3.05) is 13.6 Å². The number of carbonyl (C=O) groups is 1. The molecule has 3 N–H and O–H groups in total. The van der Waals surface area contributed by atoms with Crippen molar-refractivity contribution in [2.45, 2.75) is 32.2 Å². The number of aromatic nitrogens is 1. The summed E-state index contributed by atoms with van der Waals surface area (Å²) in [7, 11) is 2.18. The lowest BCUT2D eigenvalue weighted by Gasteiger charge is -2.30. The number of H-pyrrole nitrogens is 1. The third-order valence-corrected chi connectivity index (χ3v) is 4.57. The van der Waals surface area contributed by atoms with E-state index in [0.29, 0.717) is 11.6 Å². The molecule has 1 unspecified atom stereocenters. The van der Waals surface area contributed by atoms with E-state index in [1.54, 1.807) is 6.07 Å². The molecule has 0 fully saturated rings. The maximum atomic E-state index is 11.4. The first-order chi connectivity index (χ1) is 9.60. The zero-order valence-corrected chi connectivity index (χ0v) is 12.1. The van der Waals surface area contributed by atoms with Crippen molar-refractivity contribution in [3.63, 3.8) is 0 Å². The van der Waals surface area contributed by atoms with Gasteiger partial charge in [-0.15, -0.1) is 0 Å². The maximum Gasteiger partial charge on any atom is 0.248 e. The second-order valence-electron chi connectivity index (χ2n) is 5.68. The number of aryl methyl sites for hydroxylation is 1. The van der Waals surface area contributed by atoms with Crippen LogP contribution in [0.3, 0.4) is 0 Å². The van der Waals surface area contributed by atoms with Crippen LogP contribution in [0.5, 0.6) is 0 Å². The van der Waals surface area contributed by atoms with Crippen LogP contribution in [0.4, 0.5) is 0 Å². The minimum atomic E-state index is -0.361. The summed E-state index contributed by atoms with van der Waals surface area (Å²) >= 11 is 0. The Hall–Kier alpha value is -1.81. The van der Waals surface area contributed by atoms with Crippen molar-refractivity contribution in [2.24, 2.45) is 5.73 Å². The number of nitrogens with two attached hydrogens (primary N) is 1. The predicted molar refractivity (Wildman–Crippen MR) is 80.9 cm³/mol. The van der Waals surface area contributed by atoms with Gasteiger partial charge in [0.1, 0.15) is 0 Å². The molecular formula is C16H21N3O. The molecule has 4 nitrogen and oxygen atoms in total. The van der Waals surface area contributed by atoms with Crippen LogP contribution >= 0.6 is 0 Å². The number of primary amides is 1. The normalized spacial score (nSPS) is 18.4. The van der Waals surface area contributed by atoms with Crippen LogP contribution in [0.2, 0.25) is 0 Å². The largest absolute Gasteiger partial charge is 0.366 e. The molecule has 3 rings (SSSR count). The smallest absolute Gasteiger partial charge is 0.248 e. The van der Waals surface area contributed by atoms with Crippen LogP contribution in [-0.4, -0.2) is 35.4 Å². The maximum absolute atomic E-state index is 11.4. The Labute approximate surface area is 118 Å². The summed E-state index contributed by atoms with van der Waals surface area (Å²) in [6.45, 7) is 3.25. The van der Waals surface area contributed by atoms with Crippen LogP contribution in [0, 0.1) is 0 Å². The summed E-state index contributed by atoms with van der Waals surface area (Å²) in [6.07, 6.45) is 3.31. The van der Waals surface area contributed by atoms with Crippen molar-refractivity contribution in [3.8, 4) is 0 Å². The lowest BCUT2D eigenvalue weighted by molar-refractivity contribution is 0.100. The van der Waals surface area contributed by atoms with Crippen molar-refractivity contribution < 1.29 is 4.79 Å². The van der Waals surface area contributed by atoms with Crippen LogP contribution in [0.15, 0.2) is 18.2 Å². The summed E-state index contributed by atoms with van der Waals surface area (Å²) in [4.78, 5) is 17.2. The molecule has 0 radical (unpaired) electrons. The number of benzene rings is 1. The van der Waals surface area contributed by atoms with Gasteiger partial charge in [0.05, 0.1) is 0 Å². The zero-order chi connectivity index (χ0) is 14.3. The van der Waals surface area contributed by atoms with Crippen molar-refractivity contribution in [1.82, 2.24) is 9.88 Å². The molecule has 0 saturated heterocycles. The molecule has 1 amide bonds. The number of fused-ring (bicyclic) bond motifs is 3. The highest BCUT2D eigenvalue weighted by molar-refractivity contribution is 5.98. The fraction of sp³-hybridized carbons (Fsp3) is 0.438. The second-order valence-corrected chi connectivity index (χ2v) is 5.68. The lowest BCUT2D eigenvalue weighted by atomic mass is 9.90. The summed E-state index contributed by atoms with van der Waals surface area (Å²) in [5.74, 6) is -0.361. The number of hydrogen-bond acceptors (Lipinski definition) is 2. The highest BCUT2D eigenvalue weighted by Gasteiger charge is 2.24. The first-order valence-electron chi connectivity index (χ1n) is 7.23. The Morgan fingerprint density at radius 1 is 1.50 bits per heavy atom. The highest BCUT2D eigenvalue weighted by atomic mass is 16.1. The molecule has 20 heavy (non-hydrogen) atoms. The minimum Gasteiger partial charge on any atom is -0.366 e. The monoisotopic (exact) mass is 271 g/mol. The van der Waals surface area contributed by atoms with Gasteiger partial charge < -0.3 is 15.6 Å². The molecule has 106 valence electrons. The SMILES string of the molecule is CCN(C)C1CCc2[nH]c3ccc(C(N)=O)cc3c2C1. The summed E-state index contributed by atoms with van der Waals surface area (Å²) in [5, 5.41) is 1.16. The average molecular weight is 271 g/mol. The third-order valence-electron chi connectivity index (χ3n) is 4.57. The van der Waals surface area contributed by atoms with Crippen LogP contribution in [-0.2, 0) is 12.8 Å². The van der Waals surface area contributed by atoms with Crippen LogP contribution < -0.4 is 5.73 Å². The summed E-state index contributed by atoms with van der Waals surface area (Å²) in [5.41, 5.74) is 9.77. The number of nitrogens with one attached hydrogen (secondary N) is 1.